The molecule has 4 rings (SSSR count). The molecule has 3 aromatic rings. The van der Waals surface area contributed by atoms with E-state index in [0.29, 0.717) is 21.6 Å². The fourth-order valence-electron chi connectivity index (χ4n) is 4.09. The number of aromatic nitrogens is 1. The molecule has 192 valence electrons. The van der Waals surface area contributed by atoms with Gasteiger partial charge in [0.25, 0.3) is 5.91 Å². The molecule has 1 amide bonds. The van der Waals surface area contributed by atoms with Crippen molar-refractivity contribution in [1.82, 2.24) is 4.57 Å². The zero-order chi connectivity index (χ0) is 27.3. The molecule has 0 N–H and O–H groups in total. The van der Waals surface area contributed by atoms with Gasteiger partial charge in [-0.3, -0.25) is 4.79 Å². The van der Waals surface area contributed by atoms with Gasteiger partial charge in [-0.05, 0) is 44.2 Å². The van der Waals surface area contributed by atoms with E-state index >= 15 is 0 Å². The molecule has 1 aromatic heterocycles. The number of para-hydroxylation sites is 1. The topological polar surface area (TPSA) is 37.6 Å². The number of benzene rings is 2. The molecule has 0 atom stereocenters. The molecule has 0 fully saturated rings. The number of alkyl halides is 7. The summed E-state index contributed by atoms with van der Waals surface area (Å²) in [5.41, 5.74) is -1.33. The number of hydrazone groups is 1. The summed E-state index contributed by atoms with van der Waals surface area (Å²) in [4.78, 5) is 13.2. The molecule has 0 aliphatic carbocycles. The number of terminal acetylenes is 1. The highest BCUT2D eigenvalue weighted by molar-refractivity contribution is 6.35. The number of nitrogens with zero attached hydrogens (tertiary/aromatic N) is 3. The van der Waals surface area contributed by atoms with Crippen LogP contribution in [-0.2, 0) is 11.3 Å². The standard InChI is InChI=1S/C26H18F7N3O/c1-4-12-35-16(3)18(19-13-15(2)10-11-21(19)35)14-20-22(24(27,28)25(29,30)26(31,32)33)34-36(23(20)37)17-8-6-5-7-9-17/h1,5-11,13-14H,12H2,2-3H3/b20-14+. The van der Waals surface area contributed by atoms with Crippen molar-refractivity contribution < 1.29 is 35.5 Å². The summed E-state index contributed by atoms with van der Waals surface area (Å²) in [6.45, 7) is 3.36. The first-order chi connectivity index (χ1) is 17.2. The summed E-state index contributed by atoms with van der Waals surface area (Å²) < 4.78 is 98.8. The van der Waals surface area contributed by atoms with Gasteiger partial charge in [-0.25, -0.2) is 0 Å². The number of carbonyl (C=O) groups is 1. The number of carbonyl (C=O) groups excluding carboxylic acids is 1. The van der Waals surface area contributed by atoms with Crippen molar-refractivity contribution in [3.8, 4) is 12.3 Å². The maximum Gasteiger partial charge on any atom is 0.460 e. The van der Waals surface area contributed by atoms with Crippen LogP contribution in [0.3, 0.4) is 0 Å². The first kappa shape index (κ1) is 26.0. The summed E-state index contributed by atoms with van der Waals surface area (Å²) in [5, 5.41) is 4.12. The molecular weight excluding hydrogens is 503 g/mol. The predicted molar refractivity (Wildman–Crippen MR) is 126 cm³/mol. The Bertz CT molecular complexity index is 1490. The summed E-state index contributed by atoms with van der Waals surface area (Å²) in [7, 11) is 0. The van der Waals surface area contributed by atoms with E-state index in [2.05, 4.69) is 11.0 Å². The van der Waals surface area contributed by atoms with Gasteiger partial charge in [0.15, 0.2) is 5.71 Å². The van der Waals surface area contributed by atoms with Gasteiger partial charge in [-0.2, -0.15) is 40.8 Å². The number of fused-ring (bicyclic) bond motifs is 1. The minimum Gasteiger partial charge on any atom is -0.333 e. The number of amides is 1. The third-order valence-electron chi connectivity index (χ3n) is 5.99. The van der Waals surface area contributed by atoms with Crippen molar-refractivity contribution in [3.63, 3.8) is 0 Å². The summed E-state index contributed by atoms with van der Waals surface area (Å²) in [5.74, 6) is -11.2. The van der Waals surface area contributed by atoms with Gasteiger partial charge in [0, 0.05) is 22.2 Å². The average molecular weight is 521 g/mol. The van der Waals surface area contributed by atoms with Crippen LogP contribution in [0.4, 0.5) is 36.4 Å². The largest absolute Gasteiger partial charge is 0.460 e. The molecule has 2 heterocycles. The first-order valence-electron chi connectivity index (χ1n) is 10.8. The van der Waals surface area contributed by atoms with Gasteiger partial charge in [-0.15, -0.1) is 6.42 Å². The molecular formula is C26H18F7N3O. The lowest BCUT2D eigenvalue weighted by atomic mass is 9.96. The number of halogens is 7. The maximum absolute atomic E-state index is 15.0. The second kappa shape index (κ2) is 8.80. The van der Waals surface area contributed by atoms with Crippen LogP contribution in [0.15, 0.2) is 59.2 Å². The molecule has 1 aliphatic rings. The maximum atomic E-state index is 15.0. The highest BCUT2D eigenvalue weighted by Crippen LogP contribution is 2.49. The van der Waals surface area contributed by atoms with Crippen LogP contribution in [0.2, 0.25) is 0 Å². The van der Waals surface area contributed by atoms with Crippen LogP contribution in [0.1, 0.15) is 16.8 Å². The zero-order valence-electron chi connectivity index (χ0n) is 19.4. The number of anilines is 1. The second-order valence-electron chi connectivity index (χ2n) is 8.42. The lowest BCUT2D eigenvalue weighted by molar-refractivity contribution is -0.336. The SMILES string of the molecule is C#CCn1c(C)c(/C=C2/C(=O)N(c3ccccc3)N=C2C(F)(F)C(F)(F)C(F)(F)F)c2cc(C)ccc21. The third-order valence-corrected chi connectivity index (χ3v) is 5.99. The van der Waals surface area contributed by atoms with Crippen molar-refractivity contribution >= 4 is 34.3 Å². The first-order valence-corrected chi connectivity index (χ1v) is 10.8. The molecule has 0 bridgehead atoms. The van der Waals surface area contributed by atoms with Crippen LogP contribution in [-0.4, -0.2) is 34.2 Å². The number of rotatable bonds is 5. The van der Waals surface area contributed by atoms with Gasteiger partial charge in [-0.1, -0.05) is 35.7 Å². The van der Waals surface area contributed by atoms with Crippen LogP contribution in [0.25, 0.3) is 17.0 Å². The number of hydrogen-bond acceptors (Lipinski definition) is 2. The highest BCUT2D eigenvalue weighted by atomic mass is 19.4. The van der Waals surface area contributed by atoms with Crippen LogP contribution < -0.4 is 5.01 Å². The van der Waals surface area contributed by atoms with Crippen LogP contribution in [0, 0.1) is 26.2 Å². The molecule has 37 heavy (non-hydrogen) atoms. The predicted octanol–water partition coefficient (Wildman–Crippen LogP) is 6.51. The van der Waals surface area contributed by atoms with E-state index in [4.69, 9.17) is 6.42 Å². The lowest BCUT2D eigenvalue weighted by Crippen LogP contribution is -2.56. The van der Waals surface area contributed by atoms with E-state index in [1.165, 1.54) is 30.3 Å². The molecule has 2 aromatic carbocycles. The molecule has 11 heteroatoms. The quantitative estimate of drug-likeness (QED) is 0.214. The number of hydrogen-bond donors (Lipinski definition) is 0. The van der Waals surface area contributed by atoms with Gasteiger partial charge in [0.1, 0.15) is 0 Å². The average Bonchev–Trinajstić information content (AvgIpc) is 3.29. The molecule has 0 radical (unpaired) electrons. The van der Waals surface area contributed by atoms with Crippen molar-refractivity contribution in [3.05, 3.63) is 70.9 Å². The zero-order valence-corrected chi connectivity index (χ0v) is 19.4. The molecule has 0 spiro atoms. The van der Waals surface area contributed by atoms with Gasteiger partial charge >= 0.3 is 18.0 Å². The Labute approximate surface area is 206 Å². The summed E-state index contributed by atoms with van der Waals surface area (Å²) in [6.07, 6.45) is -0.298. The molecule has 0 saturated heterocycles. The van der Waals surface area contributed by atoms with E-state index < -0.39 is 35.2 Å². The lowest BCUT2D eigenvalue weighted by Gasteiger charge is -2.27. The Morgan fingerprint density at radius 1 is 1.00 bits per heavy atom. The molecule has 4 nitrogen and oxygen atoms in total. The van der Waals surface area contributed by atoms with Crippen molar-refractivity contribution in [2.45, 2.75) is 38.4 Å². The molecule has 1 aliphatic heterocycles. The molecule has 0 saturated carbocycles. The van der Waals surface area contributed by atoms with E-state index in [-0.39, 0.29) is 17.8 Å². The fraction of sp³-hybridized carbons (Fsp3) is 0.231. The van der Waals surface area contributed by atoms with Crippen molar-refractivity contribution in [2.24, 2.45) is 5.10 Å². The number of aryl methyl sites for hydroxylation is 1. The third kappa shape index (κ3) is 4.06. The van der Waals surface area contributed by atoms with Crippen molar-refractivity contribution in [2.75, 3.05) is 5.01 Å². The van der Waals surface area contributed by atoms with Crippen LogP contribution in [0.5, 0.6) is 0 Å². The Kier molecular flexibility index (Phi) is 6.18. The minimum absolute atomic E-state index is 0.0574. The summed E-state index contributed by atoms with van der Waals surface area (Å²) >= 11 is 0. The Balaban J connectivity index is 2.00. The summed E-state index contributed by atoms with van der Waals surface area (Å²) in [6, 6.07) is 12.0. The van der Waals surface area contributed by atoms with Gasteiger partial charge in [0.2, 0.25) is 0 Å². The Morgan fingerprint density at radius 3 is 2.24 bits per heavy atom. The van der Waals surface area contributed by atoms with Crippen LogP contribution >= 0.6 is 0 Å². The fourth-order valence-corrected chi connectivity index (χ4v) is 4.09. The van der Waals surface area contributed by atoms with E-state index in [1.807, 2.05) is 0 Å². The van der Waals surface area contributed by atoms with Gasteiger partial charge < -0.3 is 4.57 Å². The second-order valence-corrected chi connectivity index (χ2v) is 8.42. The smallest absolute Gasteiger partial charge is 0.333 e. The van der Waals surface area contributed by atoms with Crippen molar-refractivity contribution in [1.29, 1.82) is 0 Å². The monoisotopic (exact) mass is 521 g/mol. The van der Waals surface area contributed by atoms with E-state index in [1.54, 1.807) is 36.6 Å². The minimum atomic E-state index is -6.61. The van der Waals surface area contributed by atoms with Gasteiger partial charge in [0.05, 0.1) is 17.8 Å². The highest BCUT2D eigenvalue weighted by Gasteiger charge is 2.76. The normalized spacial score (nSPS) is 16.0. The molecule has 0 unspecified atom stereocenters. The Hall–Kier alpha value is -4.07. The Morgan fingerprint density at radius 2 is 1.65 bits per heavy atom. The van der Waals surface area contributed by atoms with E-state index in [0.717, 1.165) is 11.6 Å². The van der Waals surface area contributed by atoms with E-state index in [9.17, 15) is 35.5 Å².